The van der Waals surface area contributed by atoms with Crippen molar-refractivity contribution in [3.05, 3.63) is 0 Å². The van der Waals surface area contributed by atoms with Gasteiger partial charge in [-0.3, -0.25) is 4.90 Å². The maximum Gasteiger partial charge on any atom is 0.275 e. The first kappa shape index (κ1) is 12.2. The lowest BCUT2D eigenvalue weighted by Crippen LogP contribution is -2.36. The predicted molar refractivity (Wildman–Crippen MR) is 55.0 cm³/mol. The van der Waals surface area contributed by atoms with Crippen LogP contribution in [-0.2, 0) is 4.18 Å². The molecule has 0 spiro atoms. The molecule has 0 aliphatic heterocycles. The normalized spacial score (nSPS) is 13.1. The molecule has 0 saturated heterocycles. The van der Waals surface area contributed by atoms with Gasteiger partial charge in [0.05, 0.1) is 18.6 Å². The highest BCUT2D eigenvalue weighted by molar-refractivity contribution is 7.94. The quantitative estimate of drug-likeness (QED) is 0.508. The van der Waals surface area contributed by atoms with Crippen molar-refractivity contribution in [3.8, 4) is 0 Å². The average molecular weight is 233 g/mol. The minimum absolute atomic E-state index is 0.116. The molecule has 1 aromatic rings. The maximum absolute atomic E-state index is 5.45. The summed E-state index contributed by atoms with van der Waals surface area (Å²) < 4.78 is 5.12. The first-order chi connectivity index (χ1) is 7.15. The van der Waals surface area contributed by atoms with Gasteiger partial charge in [0.2, 0.25) is 0 Å². The Labute approximate surface area is 92.9 Å². The van der Waals surface area contributed by atoms with Crippen molar-refractivity contribution < 1.29 is 9.02 Å². The third-order valence-electron chi connectivity index (χ3n) is 1.65. The van der Waals surface area contributed by atoms with Crippen LogP contribution in [0.3, 0.4) is 0 Å². The van der Waals surface area contributed by atoms with E-state index in [1.807, 2.05) is 32.8 Å². The molecule has 0 bridgehead atoms. The molecule has 1 heterocycles. The van der Waals surface area contributed by atoms with E-state index in [-0.39, 0.29) is 6.23 Å². The fourth-order valence-electron chi connectivity index (χ4n) is 0.636. The van der Waals surface area contributed by atoms with Gasteiger partial charge in [0.25, 0.3) is 5.16 Å². The van der Waals surface area contributed by atoms with Gasteiger partial charge < -0.3 is 9.02 Å². The van der Waals surface area contributed by atoms with E-state index in [1.165, 1.54) is 4.85 Å². The minimum Gasteiger partial charge on any atom is -0.374 e. The summed E-state index contributed by atoms with van der Waals surface area (Å²) in [4.78, 5) is 8.60. The summed E-state index contributed by atoms with van der Waals surface area (Å²) in [7, 11) is 3.81. The highest BCUT2D eigenvalue weighted by Gasteiger charge is 2.13. The lowest BCUT2D eigenvalue weighted by molar-refractivity contribution is -0.0608. The zero-order valence-electron chi connectivity index (χ0n) is 9.25. The van der Waals surface area contributed by atoms with Crippen LogP contribution in [0.1, 0.15) is 13.8 Å². The molecule has 0 fully saturated rings. The molecule has 0 aliphatic carbocycles. The topological polar surface area (TPSA) is 65.3 Å². The molecular formula is C7H15N5O2S. The van der Waals surface area contributed by atoms with Crippen molar-refractivity contribution in [2.45, 2.75) is 25.2 Å². The first-order valence-electron chi connectivity index (χ1n) is 4.56. The van der Waals surface area contributed by atoms with Gasteiger partial charge in [-0.1, -0.05) is 5.10 Å². The Morgan fingerprint density at radius 3 is 2.87 bits per heavy atom. The van der Waals surface area contributed by atoms with Crippen LogP contribution >= 0.6 is 12.0 Å². The van der Waals surface area contributed by atoms with Crippen LogP contribution in [0.15, 0.2) is 5.16 Å². The Kier molecular flexibility index (Phi) is 4.79. The van der Waals surface area contributed by atoms with E-state index < -0.39 is 0 Å². The highest BCUT2D eigenvalue weighted by Crippen LogP contribution is 2.13. The van der Waals surface area contributed by atoms with Gasteiger partial charge in [0, 0.05) is 0 Å². The summed E-state index contributed by atoms with van der Waals surface area (Å²) in [5, 5.41) is 11.4. The lowest BCUT2D eigenvalue weighted by atomic mass is 10.6. The van der Waals surface area contributed by atoms with Crippen LogP contribution < -0.4 is 4.84 Å². The second kappa shape index (κ2) is 5.89. The van der Waals surface area contributed by atoms with Gasteiger partial charge in [-0.25, -0.2) is 0 Å². The summed E-state index contributed by atoms with van der Waals surface area (Å²) >= 11 is 1.09. The van der Waals surface area contributed by atoms with Gasteiger partial charge in [-0.2, -0.15) is 0 Å². The third kappa shape index (κ3) is 3.65. The maximum atomic E-state index is 5.45. The zero-order valence-corrected chi connectivity index (χ0v) is 10.1. The molecule has 0 radical (unpaired) electrons. The molecule has 8 heteroatoms. The molecule has 1 aromatic heterocycles. The van der Waals surface area contributed by atoms with Crippen molar-refractivity contribution in [1.29, 1.82) is 0 Å². The molecule has 0 aliphatic rings. The van der Waals surface area contributed by atoms with Crippen molar-refractivity contribution in [1.82, 2.24) is 25.3 Å². The third-order valence-corrected chi connectivity index (χ3v) is 2.39. The van der Waals surface area contributed by atoms with Gasteiger partial charge >= 0.3 is 0 Å². The second-order valence-corrected chi connectivity index (χ2v) is 3.76. The summed E-state index contributed by atoms with van der Waals surface area (Å²) in [5.41, 5.74) is 0. The molecular weight excluding hydrogens is 218 g/mol. The molecule has 7 nitrogen and oxygen atoms in total. The van der Waals surface area contributed by atoms with Crippen LogP contribution in [0.5, 0.6) is 0 Å². The number of hydrogen-bond acceptors (Lipinski definition) is 7. The van der Waals surface area contributed by atoms with Gasteiger partial charge in [-0.15, -0.1) is 0 Å². The van der Waals surface area contributed by atoms with E-state index in [9.17, 15) is 0 Å². The molecule has 0 aromatic carbocycles. The van der Waals surface area contributed by atoms with Gasteiger partial charge in [0.1, 0.15) is 0 Å². The molecule has 1 rings (SSSR count). The SMILES string of the molecule is CCOSc1nnnn1OC(C)N(C)C. The van der Waals surface area contributed by atoms with E-state index in [0.29, 0.717) is 11.8 Å². The Morgan fingerprint density at radius 2 is 2.27 bits per heavy atom. The smallest absolute Gasteiger partial charge is 0.275 e. The largest absolute Gasteiger partial charge is 0.374 e. The van der Waals surface area contributed by atoms with Crippen molar-refractivity contribution in [2.75, 3.05) is 20.7 Å². The van der Waals surface area contributed by atoms with Crippen molar-refractivity contribution in [2.24, 2.45) is 0 Å². The summed E-state index contributed by atoms with van der Waals surface area (Å²) in [6.07, 6.45) is -0.116. The van der Waals surface area contributed by atoms with E-state index in [1.54, 1.807) is 0 Å². The summed E-state index contributed by atoms with van der Waals surface area (Å²) in [6.45, 7) is 4.38. The number of nitrogens with zero attached hydrogens (tertiary/aromatic N) is 5. The summed E-state index contributed by atoms with van der Waals surface area (Å²) in [5.74, 6) is 0. The van der Waals surface area contributed by atoms with Gasteiger partial charge in [-0.05, 0) is 43.2 Å². The molecule has 1 atom stereocenters. The molecule has 0 saturated carbocycles. The number of rotatable bonds is 6. The molecule has 0 N–H and O–H groups in total. The Hall–Kier alpha value is -0.860. The van der Waals surface area contributed by atoms with E-state index in [4.69, 9.17) is 9.02 Å². The van der Waals surface area contributed by atoms with Crippen molar-refractivity contribution in [3.63, 3.8) is 0 Å². The zero-order chi connectivity index (χ0) is 11.3. The standard InChI is InChI=1S/C7H15N5O2S/c1-5-13-15-7-8-9-10-12(7)14-6(2)11(3)4/h6H,5H2,1-4H3. The fourth-order valence-corrected chi connectivity index (χ4v) is 1.07. The predicted octanol–water partition coefficient (Wildman–Crippen LogP) is 0.0529. The number of tetrazole rings is 1. The first-order valence-corrected chi connectivity index (χ1v) is 5.30. The monoisotopic (exact) mass is 233 g/mol. The lowest BCUT2D eigenvalue weighted by Gasteiger charge is -2.19. The van der Waals surface area contributed by atoms with E-state index in [0.717, 1.165) is 12.0 Å². The fraction of sp³-hybridized carbons (Fsp3) is 0.857. The molecule has 1 unspecified atom stereocenters. The van der Waals surface area contributed by atoms with Crippen LogP contribution in [0, 0.1) is 0 Å². The number of hydrogen-bond donors (Lipinski definition) is 0. The number of aromatic nitrogens is 4. The van der Waals surface area contributed by atoms with Crippen molar-refractivity contribution >= 4 is 12.0 Å². The van der Waals surface area contributed by atoms with E-state index >= 15 is 0 Å². The Bertz CT molecular complexity index is 293. The average Bonchev–Trinajstić information content (AvgIpc) is 2.62. The molecule has 0 amide bonds. The van der Waals surface area contributed by atoms with Gasteiger partial charge in [0.15, 0.2) is 6.23 Å². The minimum atomic E-state index is -0.116. The Morgan fingerprint density at radius 1 is 1.53 bits per heavy atom. The molecule has 86 valence electrons. The van der Waals surface area contributed by atoms with Crippen LogP contribution in [0.4, 0.5) is 0 Å². The van der Waals surface area contributed by atoms with Crippen LogP contribution in [-0.4, -0.2) is 52.2 Å². The van der Waals surface area contributed by atoms with Crippen LogP contribution in [0.2, 0.25) is 0 Å². The molecule has 15 heavy (non-hydrogen) atoms. The van der Waals surface area contributed by atoms with Crippen LogP contribution in [0.25, 0.3) is 0 Å². The second-order valence-electron chi connectivity index (χ2n) is 2.99. The van der Waals surface area contributed by atoms with E-state index in [2.05, 4.69) is 15.5 Å². The summed E-state index contributed by atoms with van der Waals surface area (Å²) in [6, 6.07) is 0. The highest BCUT2D eigenvalue weighted by atomic mass is 32.2. The Balaban J connectivity index is 2.56.